The van der Waals surface area contributed by atoms with Crippen molar-refractivity contribution in [3.8, 4) is 0 Å². The molecule has 0 aromatic carbocycles. The van der Waals surface area contributed by atoms with Crippen molar-refractivity contribution in [2.45, 2.75) is 51.4 Å². The predicted octanol–water partition coefficient (Wildman–Crippen LogP) is 1.11. The Labute approximate surface area is 95.9 Å². The minimum absolute atomic E-state index is 0.00120. The molecule has 0 bridgehead atoms. The van der Waals surface area contributed by atoms with Gasteiger partial charge in [0.05, 0.1) is 24.7 Å². The summed E-state index contributed by atoms with van der Waals surface area (Å²) in [5, 5.41) is 9.01. The van der Waals surface area contributed by atoms with Crippen LogP contribution in [0.2, 0.25) is 0 Å². The second-order valence-corrected chi connectivity index (χ2v) is 5.07. The van der Waals surface area contributed by atoms with E-state index in [1.165, 1.54) is 0 Å². The molecule has 0 saturated carbocycles. The van der Waals surface area contributed by atoms with Crippen molar-refractivity contribution in [3.63, 3.8) is 0 Å². The number of carbonyl (C=O) groups excluding carboxylic acids is 1. The van der Waals surface area contributed by atoms with Crippen LogP contribution in [0.1, 0.15) is 33.1 Å². The third kappa shape index (κ3) is 2.23. The molecule has 0 aliphatic carbocycles. The summed E-state index contributed by atoms with van der Waals surface area (Å²) in [4.78, 5) is 11.5. The average Bonchev–Trinajstić information content (AvgIpc) is 2.71. The molecule has 0 unspecified atom stereocenters. The molecule has 2 heterocycles. The third-order valence-corrected chi connectivity index (χ3v) is 3.65. The molecule has 92 valence electrons. The smallest absolute Gasteiger partial charge is 0.309 e. The Hall–Kier alpha value is -0.610. The minimum atomic E-state index is -0.125. The van der Waals surface area contributed by atoms with Crippen molar-refractivity contribution in [2.24, 2.45) is 11.8 Å². The van der Waals surface area contributed by atoms with Crippen molar-refractivity contribution in [1.82, 2.24) is 0 Å². The van der Waals surface area contributed by atoms with Crippen molar-refractivity contribution >= 4 is 5.97 Å². The first kappa shape index (κ1) is 11.9. The van der Waals surface area contributed by atoms with Crippen molar-refractivity contribution in [3.05, 3.63) is 0 Å². The highest BCUT2D eigenvalue weighted by molar-refractivity contribution is 5.73. The van der Waals surface area contributed by atoms with E-state index in [1.54, 1.807) is 0 Å². The highest BCUT2D eigenvalue weighted by Crippen LogP contribution is 2.33. The largest absolute Gasteiger partial charge is 0.459 e. The Bertz CT molecular complexity index is 266. The van der Waals surface area contributed by atoms with E-state index in [1.807, 2.05) is 6.92 Å². The lowest BCUT2D eigenvalue weighted by Gasteiger charge is -2.35. The molecule has 4 heteroatoms. The van der Waals surface area contributed by atoms with Crippen LogP contribution in [0.4, 0.5) is 0 Å². The number of esters is 1. The minimum Gasteiger partial charge on any atom is -0.459 e. The maximum absolute atomic E-state index is 11.5. The zero-order valence-electron chi connectivity index (χ0n) is 9.89. The van der Waals surface area contributed by atoms with Crippen LogP contribution in [0.15, 0.2) is 0 Å². The second kappa shape index (κ2) is 4.72. The van der Waals surface area contributed by atoms with E-state index in [-0.39, 0.29) is 36.8 Å². The number of cyclic esters (lactones) is 1. The van der Waals surface area contributed by atoms with Crippen LogP contribution in [0.3, 0.4) is 0 Å². The summed E-state index contributed by atoms with van der Waals surface area (Å²) in [6.07, 6.45) is 2.38. The maximum atomic E-state index is 11.5. The van der Waals surface area contributed by atoms with E-state index in [0.717, 1.165) is 19.3 Å². The van der Waals surface area contributed by atoms with E-state index in [0.29, 0.717) is 5.92 Å². The molecule has 0 radical (unpaired) electrons. The number of carbonyl (C=O) groups is 1. The van der Waals surface area contributed by atoms with Gasteiger partial charge >= 0.3 is 5.97 Å². The average molecular weight is 228 g/mol. The summed E-state index contributed by atoms with van der Waals surface area (Å²) in [6.45, 7) is 4.06. The van der Waals surface area contributed by atoms with Crippen LogP contribution in [0.5, 0.6) is 0 Å². The van der Waals surface area contributed by atoms with E-state index < -0.39 is 0 Å². The van der Waals surface area contributed by atoms with E-state index >= 15 is 0 Å². The van der Waals surface area contributed by atoms with Crippen LogP contribution in [-0.4, -0.2) is 36.0 Å². The van der Waals surface area contributed by atoms with Crippen LogP contribution >= 0.6 is 0 Å². The topological polar surface area (TPSA) is 55.8 Å². The van der Waals surface area contributed by atoms with Gasteiger partial charge in [-0.2, -0.15) is 0 Å². The number of ether oxygens (including phenoxy) is 2. The van der Waals surface area contributed by atoms with Crippen LogP contribution in [0.25, 0.3) is 0 Å². The number of rotatable bonds is 2. The lowest BCUT2D eigenvalue weighted by Crippen LogP contribution is -2.43. The molecular formula is C12H20O4. The number of aliphatic hydroxyl groups is 1. The SMILES string of the molecule is C[C@@H]1C[C@H](C)[C@@H]([C@H]2CC[C@H](CO)O2)OC1=O. The second-order valence-electron chi connectivity index (χ2n) is 5.07. The fourth-order valence-electron chi connectivity index (χ4n) is 2.71. The van der Waals surface area contributed by atoms with Crippen molar-refractivity contribution in [1.29, 1.82) is 0 Å². The number of aliphatic hydroxyl groups excluding tert-OH is 1. The zero-order valence-corrected chi connectivity index (χ0v) is 9.89. The summed E-state index contributed by atoms with van der Waals surface area (Å²) >= 11 is 0. The van der Waals surface area contributed by atoms with Crippen LogP contribution in [0, 0.1) is 11.8 Å². The van der Waals surface area contributed by atoms with Gasteiger partial charge in [0.15, 0.2) is 0 Å². The maximum Gasteiger partial charge on any atom is 0.309 e. The highest BCUT2D eigenvalue weighted by Gasteiger charge is 2.41. The summed E-state index contributed by atoms with van der Waals surface area (Å²) in [6, 6.07) is 0. The van der Waals surface area contributed by atoms with Gasteiger partial charge in [0.25, 0.3) is 0 Å². The Morgan fingerprint density at radius 1 is 1.38 bits per heavy atom. The Balaban J connectivity index is 1.96. The van der Waals surface area contributed by atoms with E-state index in [2.05, 4.69) is 6.92 Å². The lowest BCUT2D eigenvalue weighted by molar-refractivity contribution is -0.176. The molecule has 0 aromatic rings. The van der Waals surface area contributed by atoms with Gasteiger partial charge in [-0.3, -0.25) is 4.79 Å². The summed E-state index contributed by atoms with van der Waals surface area (Å²) in [5.74, 6) is 0.232. The first-order chi connectivity index (χ1) is 7.61. The molecule has 2 fully saturated rings. The molecule has 2 rings (SSSR count). The predicted molar refractivity (Wildman–Crippen MR) is 57.8 cm³/mol. The number of hydrogen-bond acceptors (Lipinski definition) is 4. The highest BCUT2D eigenvalue weighted by atomic mass is 16.6. The normalized spacial score (nSPS) is 44.4. The van der Waals surface area contributed by atoms with Gasteiger partial charge in [-0.05, 0) is 25.2 Å². The van der Waals surface area contributed by atoms with Gasteiger partial charge in [-0.1, -0.05) is 13.8 Å². The zero-order chi connectivity index (χ0) is 11.7. The van der Waals surface area contributed by atoms with E-state index in [9.17, 15) is 4.79 Å². The summed E-state index contributed by atoms with van der Waals surface area (Å²) in [5.41, 5.74) is 0. The monoisotopic (exact) mass is 228 g/mol. The van der Waals surface area contributed by atoms with Gasteiger partial charge in [-0.15, -0.1) is 0 Å². The first-order valence-corrected chi connectivity index (χ1v) is 6.08. The van der Waals surface area contributed by atoms with Gasteiger partial charge in [0, 0.05) is 0 Å². The Morgan fingerprint density at radius 2 is 2.12 bits per heavy atom. The molecule has 0 aromatic heterocycles. The van der Waals surface area contributed by atoms with Crippen LogP contribution < -0.4 is 0 Å². The summed E-state index contributed by atoms with van der Waals surface area (Å²) in [7, 11) is 0. The molecule has 2 saturated heterocycles. The number of hydrogen-bond donors (Lipinski definition) is 1. The molecule has 0 spiro atoms. The van der Waals surface area contributed by atoms with Crippen molar-refractivity contribution < 1.29 is 19.4 Å². The molecule has 16 heavy (non-hydrogen) atoms. The fourth-order valence-corrected chi connectivity index (χ4v) is 2.71. The third-order valence-electron chi connectivity index (χ3n) is 3.65. The van der Waals surface area contributed by atoms with Gasteiger partial charge < -0.3 is 14.6 Å². The standard InChI is InChI=1S/C12H20O4/c1-7-5-8(2)12(14)16-11(7)10-4-3-9(6-13)15-10/h7-11,13H,3-6H2,1-2H3/t7-,8+,9+,10+,11-/m0/s1. The van der Waals surface area contributed by atoms with E-state index in [4.69, 9.17) is 14.6 Å². The molecular weight excluding hydrogens is 208 g/mol. The van der Waals surface area contributed by atoms with Gasteiger partial charge in [0.1, 0.15) is 6.10 Å². The lowest BCUT2D eigenvalue weighted by atomic mass is 9.86. The van der Waals surface area contributed by atoms with Gasteiger partial charge in [0.2, 0.25) is 0 Å². The molecule has 4 nitrogen and oxygen atoms in total. The molecule has 2 aliphatic heterocycles. The Morgan fingerprint density at radius 3 is 2.75 bits per heavy atom. The van der Waals surface area contributed by atoms with Crippen molar-refractivity contribution in [2.75, 3.05) is 6.61 Å². The van der Waals surface area contributed by atoms with Gasteiger partial charge in [-0.25, -0.2) is 0 Å². The molecule has 1 N–H and O–H groups in total. The quantitative estimate of drug-likeness (QED) is 0.719. The van der Waals surface area contributed by atoms with Crippen LogP contribution in [-0.2, 0) is 14.3 Å². The molecule has 0 amide bonds. The Kier molecular flexibility index (Phi) is 3.50. The first-order valence-electron chi connectivity index (χ1n) is 6.08. The summed E-state index contributed by atoms with van der Waals surface area (Å²) < 4.78 is 11.1. The molecule has 5 atom stereocenters. The molecule has 2 aliphatic rings. The fraction of sp³-hybridized carbons (Fsp3) is 0.917.